The molecule has 178 valence electrons. The van der Waals surface area contributed by atoms with Gasteiger partial charge in [-0.15, -0.1) is 10.2 Å². The van der Waals surface area contributed by atoms with Crippen LogP contribution in [0.2, 0.25) is 0 Å². The van der Waals surface area contributed by atoms with Crippen LogP contribution in [-0.4, -0.2) is 56.0 Å². The van der Waals surface area contributed by atoms with Crippen LogP contribution in [0.5, 0.6) is 0 Å². The summed E-state index contributed by atoms with van der Waals surface area (Å²) >= 11 is 0. The van der Waals surface area contributed by atoms with Crippen LogP contribution in [0.25, 0.3) is 11.3 Å². The van der Waals surface area contributed by atoms with Gasteiger partial charge in [-0.25, -0.2) is 12.7 Å². The lowest BCUT2D eigenvalue weighted by Gasteiger charge is -2.30. The minimum absolute atomic E-state index is 0.139. The van der Waals surface area contributed by atoms with Crippen molar-refractivity contribution in [3.8, 4) is 11.3 Å². The van der Waals surface area contributed by atoms with E-state index >= 15 is 0 Å². The molecular weight excluding hydrogens is 450 g/mol. The summed E-state index contributed by atoms with van der Waals surface area (Å²) in [5.74, 6) is 1.35. The van der Waals surface area contributed by atoms with E-state index in [0.29, 0.717) is 11.3 Å². The van der Waals surface area contributed by atoms with E-state index in [9.17, 15) is 13.2 Å². The smallest absolute Gasteiger partial charge is 0.255 e. The van der Waals surface area contributed by atoms with Gasteiger partial charge >= 0.3 is 0 Å². The number of hydrogen-bond acceptors (Lipinski definition) is 6. The Bertz CT molecular complexity index is 1230. The average molecular weight is 480 g/mol. The standard InChI is InChI=1S/C25H29N5O3S/c1-18-14-16-30(17-15-18)24-13-12-23(27-28-24)19-4-8-21(9-5-19)26-25(31)20-6-10-22(11-7-20)34(32,33)29(2)3/h4-13,18H,14-17H2,1-3H3,(H,26,31). The average Bonchev–Trinajstić information content (AvgIpc) is 2.85. The number of aromatic nitrogens is 2. The molecule has 4 rings (SSSR count). The fourth-order valence-corrected chi connectivity index (χ4v) is 4.70. The molecule has 1 aliphatic heterocycles. The second kappa shape index (κ2) is 9.90. The van der Waals surface area contributed by atoms with Gasteiger partial charge < -0.3 is 10.2 Å². The number of benzene rings is 2. The minimum atomic E-state index is -3.53. The summed E-state index contributed by atoms with van der Waals surface area (Å²) in [5.41, 5.74) is 2.67. The van der Waals surface area contributed by atoms with Crippen molar-refractivity contribution in [3.05, 3.63) is 66.2 Å². The molecule has 1 amide bonds. The van der Waals surface area contributed by atoms with Gasteiger partial charge in [-0.1, -0.05) is 19.1 Å². The van der Waals surface area contributed by atoms with Crippen LogP contribution in [0.3, 0.4) is 0 Å². The largest absolute Gasteiger partial charge is 0.355 e. The van der Waals surface area contributed by atoms with Gasteiger partial charge in [0, 0.05) is 44.0 Å². The third kappa shape index (κ3) is 5.26. The second-order valence-electron chi connectivity index (χ2n) is 8.79. The molecule has 1 saturated heterocycles. The second-order valence-corrected chi connectivity index (χ2v) is 10.9. The summed E-state index contributed by atoms with van der Waals surface area (Å²) < 4.78 is 25.5. The molecule has 2 heterocycles. The van der Waals surface area contributed by atoms with Crippen LogP contribution in [0, 0.1) is 5.92 Å². The zero-order valence-electron chi connectivity index (χ0n) is 19.6. The molecule has 0 aliphatic carbocycles. The molecule has 1 N–H and O–H groups in total. The van der Waals surface area contributed by atoms with E-state index in [1.165, 1.54) is 51.2 Å². The Balaban J connectivity index is 1.39. The fourth-order valence-electron chi connectivity index (χ4n) is 3.80. The number of nitrogens with one attached hydrogen (secondary N) is 1. The quantitative estimate of drug-likeness (QED) is 0.576. The van der Waals surface area contributed by atoms with Crippen LogP contribution >= 0.6 is 0 Å². The Kier molecular flexibility index (Phi) is 6.95. The van der Waals surface area contributed by atoms with Crippen LogP contribution in [0.1, 0.15) is 30.1 Å². The normalized spacial score (nSPS) is 14.9. The summed E-state index contributed by atoms with van der Waals surface area (Å²) in [4.78, 5) is 15.0. The van der Waals surface area contributed by atoms with Gasteiger partial charge in [0.2, 0.25) is 10.0 Å². The monoisotopic (exact) mass is 479 g/mol. The van der Waals surface area contributed by atoms with Gasteiger partial charge in [0.15, 0.2) is 5.82 Å². The van der Waals surface area contributed by atoms with Crippen LogP contribution in [0.4, 0.5) is 11.5 Å². The maximum Gasteiger partial charge on any atom is 0.255 e. The number of carbonyl (C=O) groups excluding carboxylic acids is 1. The van der Waals surface area contributed by atoms with Gasteiger partial charge in [-0.2, -0.15) is 0 Å². The van der Waals surface area contributed by atoms with Crippen molar-refractivity contribution < 1.29 is 13.2 Å². The topological polar surface area (TPSA) is 95.5 Å². The number of hydrogen-bond donors (Lipinski definition) is 1. The Hall–Kier alpha value is -3.30. The number of anilines is 2. The summed E-state index contributed by atoms with van der Waals surface area (Å²) in [6.45, 7) is 4.31. The molecule has 0 spiro atoms. The Morgan fingerprint density at radius 1 is 0.941 bits per heavy atom. The maximum atomic E-state index is 12.6. The van der Waals surface area contributed by atoms with E-state index in [-0.39, 0.29) is 10.8 Å². The molecule has 9 heteroatoms. The van der Waals surface area contributed by atoms with Gasteiger partial charge in [-0.3, -0.25) is 4.79 Å². The fraction of sp³-hybridized carbons (Fsp3) is 0.320. The number of piperidine rings is 1. The minimum Gasteiger partial charge on any atom is -0.355 e. The molecule has 0 saturated carbocycles. The van der Waals surface area contributed by atoms with Crippen molar-refractivity contribution in [3.63, 3.8) is 0 Å². The third-order valence-corrected chi connectivity index (χ3v) is 7.92. The summed E-state index contributed by atoms with van der Waals surface area (Å²) in [5, 5.41) is 11.6. The highest BCUT2D eigenvalue weighted by atomic mass is 32.2. The first-order valence-electron chi connectivity index (χ1n) is 11.3. The molecule has 1 fully saturated rings. The highest BCUT2D eigenvalue weighted by Gasteiger charge is 2.18. The van der Waals surface area contributed by atoms with E-state index in [4.69, 9.17) is 0 Å². The summed E-state index contributed by atoms with van der Waals surface area (Å²) in [6, 6.07) is 17.2. The first kappa shape index (κ1) is 23.8. The van der Waals surface area contributed by atoms with E-state index in [2.05, 4.69) is 27.3 Å². The lowest BCUT2D eigenvalue weighted by molar-refractivity contribution is 0.102. The molecule has 8 nitrogen and oxygen atoms in total. The lowest BCUT2D eigenvalue weighted by Crippen LogP contribution is -2.33. The van der Waals surface area contributed by atoms with Crippen molar-refractivity contribution >= 4 is 27.4 Å². The highest BCUT2D eigenvalue weighted by molar-refractivity contribution is 7.89. The predicted molar refractivity (Wildman–Crippen MR) is 133 cm³/mol. The summed E-state index contributed by atoms with van der Waals surface area (Å²) in [7, 11) is -0.599. The van der Waals surface area contributed by atoms with Gasteiger partial charge in [0.1, 0.15) is 0 Å². The van der Waals surface area contributed by atoms with Crippen molar-refractivity contribution in [2.75, 3.05) is 37.4 Å². The van der Waals surface area contributed by atoms with Crippen molar-refractivity contribution in [1.29, 1.82) is 0 Å². The van der Waals surface area contributed by atoms with Crippen molar-refractivity contribution in [2.45, 2.75) is 24.7 Å². The maximum absolute atomic E-state index is 12.6. The molecule has 0 bridgehead atoms. The number of carbonyl (C=O) groups is 1. The van der Waals surface area contributed by atoms with Crippen molar-refractivity contribution in [2.24, 2.45) is 5.92 Å². The van der Waals surface area contributed by atoms with E-state index < -0.39 is 10.0 Å². The van der Waals surface area contributed by atoms with Crippen LogP contribution < -0.4 is 10.2 Å². The Labute approximate surface area is 200 Å². The molecule has 3 aromatic rings. The van der Waals surface area contributed by atoms with E-state index in [0.717, 1.165) is 40.4 Å². The number of amides is 1. The van der Waals surface area contributed by atoms with Crippen LogP contribution in [0.15, 0.2) is 65.6 Å². The Morgan fingerprint density at radius 3 is 2.15 bits per heavy atom. The number of rotatable bonds is 6. The highest BCUT2D eigenvalue weighted by Crippen LogP contribution is 2.24. The van der Waals surface area contributed by atoms with Gasteiger partial charge in [0.05, 0.1) is 10.6 Å². The molecular formula is C25H29N5O3S. The molecule has 0 unspecified atom stereocenters. The third-order valence-electron chi connectivity index (χ3n) is 6.09. The molecule has 2 aromatic carbocycles. The zero-order chi connectivity index (χ0) is 24.3. The zero-order valence-corrected chi connectivity index (χ0v) is 20.4. The Morgan fingerprint density at radius 2 is 1.59 bits per heavy atom. The first-order chi connectivity index (χ1) is 16.2. The number of nitrogens with zero attached hydrogens (tertiary/aromatic N) is 4. The molecule has 1 aromatic heterocycles. The first-order valence-corrected chi connectivity index (χ1v) is 12.7. The summed E-state index contributed by atoms with van der Waals surface area (Å²) in [6.07, 6.45) is 2.35. The van der Waals surface area contributed by atoms with Crippen LogP contribution in [-0.2, 0) is 10.0 Å². The predicted octanol–water partition coefficient (Wildman–Crippen LogP) is 3.88. The molecule has 0 radical (unpaired) electrons. The van der Waals surface area contributed by atoms with E-state index in [1.54, 1.807) is 12.1 Å². The van der Waals surface area contributed by atoms with Gasteiger partial charge in [-0.05, 0) is 67.3 Å². The lowest BCUT2D eigenvalue weighted by atomic mass is 9.99. The number of sulfonamides is 1. The molecule has 34 heavy (non-hydrogen) atoms. The van der Waals surface area contributed by atoms with Gasteiger partial charge in [0.25, 0.3) is 5.91 Å². The van der Waals surface area contributed by atoms with E-state index in [1.807, 2.05) is 24.3 Å². The SMILES string of the molecule is CC1CCN(c2ccc(-c3ccc(NC(=O)c4ccc(S(=O)(=O)N(C)C)cc4)cc3)nn2)CC1. The molecule has 0 atom stereocenters. The molecule has 1 aliphatic rings. The van der Waals surface area contributed by atoms with Crippen molar-refractivity contribution in [1.82, 2.24) is 14.5 Å².